The van der Waals surface area contributed by atoms with E-state index >= 15 is 0 Å². The van der Waals surface area contributed by atoms with Crippen LogP contribution in [0.1, 0.15) is 32.1 Å². The number of carbonyl (C=O) groups is 1. The van der Waals surface area contributed by atoms with Crippen LogP contribution in [0.15, 0.2) is 0 Å². The molecule has 112 valence electrons. The third-order valence-corrected chi connectivity index (χ3v) is 3.60. The van der Waals surface area contributed by atoms with E-state index in [1.807, 2.05) is 0 Å². The monoisotopic (exact) mass is 271 g/mol. The second-order valence-corrected chi connectivity index (χ2v) is 5.38. The number of nitrogens with zero attached hydrogens (tertiary/aromatic N) is 1. The van der Waals surface area contributed by atoms with E-state index in [9.17, 15) is 4.79 Å². The number of hydrogen-bond donors (Lipinski definition) is 2. The first-order valence-electron chi connectivity index (χ1n) is 7.40. The van der Waals surface area contributed by atoms with Crippen LogP contribution in [0.25, 0.3) is 0 Å². The summed E-state index contributed by atoms with van der Waals surface area (Å²) in [6.45, 7) is 3.86. The molecular formula is C14H29N3O2. The molecule has 1 fully saturated rings. The van der Waals surface area contributed by atoms with Gasteiger partial charge in [0.1, 0.15) is 0 Å². The minimum Gasteiger partial charge on any atom is -0.383 e. The molecule has 0 radical (unpaired) electrons. The van der Waals surface area contributed by atoms with Crippen molar-refractivity contribution in [1.82, 2.24) is 15.5 Å². The van der Waals surface area contributed by atoms with Crippen LogP contribution < -0.4 is 10.6 Å². The summed E-state index contributed by atoms with van der Waals surface area (Å²) in [5.74, 6) is 0.131. The maximum Gasteiger partial charge on any atom is 0.234 e. The summed E-state index contributed by atoms with van der Waals surface area (Å²) in [7, 11) is 3.77. The number of rotatable bonds is 9. The summed E-state index contributed by atoms with van der Waals surface area (Å²) < 4.78 is 5.02. The van der Waals surface area contributed by atoms with Crippen LogP contribution in [0.4, 0.5) is 0 Å². The molecule has 0 aromatic rings. The highest BCUT2D eigenvalue weighted by Crippen LogP contribution is 2.16. The molecule has 5 nitrogen and oxygen atoms in total. The minimum atomic E-state index is 0.131. The number of ether oxygens (including phenoxy) is 1. The average molecular weight is 271 g/mol. The lowest BCUT2D eigenvalue weighted by Crippen LogP contribution is -2.42. The molecule has 0 aliphatic heterocycles. The van der Waals surface area contributed by atoms with Crippen LogP contribution in [-0.2, 0) is 9.53 Å². The molecular weight excluding hydrogens is 242 g/mol. The van der Waals surface area contributed by atoms with Crippen molar-refractivity contribution in [1.29, 1.82) is 0 Å². The number of amides is 1. The Bertz CT molecular complexity index is 243. The molecule has 5 heteroatoms. The second kappa shape index (κ2) is 10.2. The van der Waals surface area contributed by atoms with Gasteiger partial charge in [-0.05, 0) is 19.9 Å². The van der Waals surface area contributed by atoms with Crippen molar-refractivity contribution in [2.75, 3.05) is 46.9 Å². The molecule has 0 heterocycles. The van der Waals surface area contributed by atoms with Gasteiger partial charge in [-0.1, -0.05) is 19.3 Å². The van der Waals surface area contributed by atoms with Crippen LogP contribution in [-0.4, -0.2) is 63.8 Å². The van der Waals surface area contributed by atoms with E-state index in [2.05, 4.69) is 22.6 Å². The molecule has 19 heavy (non-hydrogen) atoms. The Labute approximate surface area is 117 Å². The summed E-state index contributed by atoms with van der Waals surface area (Å²) >= 11 is 0. The topological polar surface area (TPSA) is 53.6 Å². The SMILES string of the molecule is COCCN(C)CCNCC(=O)NC1CCCCC1. The molecule has 1 aliphatic rings. The predicted molar refractivity (Wildman–Crippen MR) is 77.3 cm³/mol. The van der Waals surface area contributed by atoms with Gasteiger partial charge in [0.2, 0.25) is 5.91 Å². The van der Waals surface area contributed by atoms with Gasteiger partial charge in [-0.2, -0.15) is 0 Å². The first kappa shape index (κ1) is 16.4. The smallest absolute Gasteiger partial charge is 0.234 e. The first-order chi connectivity index (χ1) is 9.22. The minimum absolute atomic E-state index is 0.131. The molecule has 0 saturated heterocycles. The van der Waals surface area contributed by atoms with Crippen molar-refractivity contribution in [2.45, 2.75) is 38.1 Å². The zero-order valence-corrected chi connectivity index (χ0v) is 12.4. The molecule has 1 amide bonds. The Morgan fingerprint density at radius 2 is 2.00 bits per heavy atom. The van der Waals surface area contributed by atoms with Crippen molar-refractivity contribution >= 4 is 5.91 Å². The van der Waals surface area contributed by atoms with Gasteiger partial charge in [-0.3, -0.25) is 4.79 Å². The van der Waals surface area contributed by atoms with E-state index in [-0.39, 0.29) is 5.91 Å². The van der Waals surface area contributed by atoms with Crippen LogP contribution in [0, 0.1) is 0 Å². The zero-order valence-electron chi connectivity index (χ0n) is 12.4. The van der Waals surface area contributed by atoms with Crippen LogP contribution in [0.3, 0.4) is 0 Å². The van der Waals surface area contributed by atoms with Gasteiger partial charge in [-0.15, -0.1) is 0 Å². The number of nitrogens with one attached hydrogen (secondary N) is 2. The molecule has 0 bridgehead atoms. The van der Waals surface area contributed by atoms with Gasteiger partial charge in [0.25, 0.3) is 0 Å². The number of hydrogen-bond acceptors (Lipinski definition) is 4. The molecule has 0 atom stereocenters. The fourth-order valence-electron chi connectivity index (χ4n) is 2.36. The Kier molecular flexibility index (Phi) is 8.79. The van der Waals surface area contributed by atoms with Crippen LogP contribution in [0.2, 0.25) is 0 Å². The third kappa shape index (κ3) is 8.18. The maximum absolute atomic E-state index is 11.7. The Morgan fingerprint density at radius 1 is 1.26 bits per heavy atom. The van der Waals surface area contributed by atoms with Crippen molar-refractivity contribution in [3.8, 4) is 0 Å². The lowest BCUT2D eigenvalue weighted by molar-refractivity contribution is -0.121. The molecule has 2 N–H and O–H groups in total. The molecule has 1 rings (SSSR count). The number of likely N-dealkylation sites (N-methyl/N-ethyl adjacent to an activating group) is 1. The average Bonchev–Trinajstić information content (AvgIpc) is 2.42. The van der Waals surface area contributed by atoms with E-state index in [1.165, 1.54) is 19.3 Å². The van der Waals surface area contributed by atoms with Crippen molar-refractivity contribution < 1.29 is 9.53 Å². The fraction of sp³-hybridized carbons (Fsp3) is 0.929. The van der Waals surface area contributed by atoms with E-state index in [0.29, 0.717) is 12.6 Å². The standard InChI is InChI=1S/C14H29N3O2/c1-17(10-11-19-2)9-8-15-12-14(18)16-13-6-4-3-5-7-13/h13,15H,3-12H2,1-2H3,(H,16,18). The third-order valence-electron chi connectivity index (χ3n) is 3.60. The largest absolute Gasteiger partial charge is 0.383 e. The number of carbonyl (C=O) groups excluding carboxylic acids is 1. The van der Waals surface area contributed by atoms with Crippen LogP contribution in [0.5, 0.6) is 0 Å². The lowest BCUT2D eigenvalue weighted by Gasteiger charge is -2.23. The van der Waals surface area contributed by atoms with E-state index in [1.54, 1.807) is 7.11 Å². The maximum atomic E-state index is 11.7. The van der Waals surface area contributed by atoms with Gasteiger partial charge in [0.15, 0.2) is 0 Å². The van der Waals surface area contributed by atoms with Gasteiger partial charge in [-0.25, -0.2) is 0 Å². The van der Waals surface area contributed by atoms with Crippen molar-refractivity contribution in [3.05, 3.63) is 0 Å². The normalized spacial score (nSPS) is 16.8. The van der Waals surface area contributed by atoms with Crippen molar-refractivity contribution in [2.24, 2.45) is 0 Å². The second-order valence-electron chi connectivity index (χ2n) is 5.38. The Balaban J connectivity index is 1.97. The molecule has 0 aromatic carbocycles. The van der Waals surface area contributed by atoms with Gasteiger partial charge in [0, 0.05) is 32.8 Å². The zero-order chi connectivity index (χ0) is 13.9. The quantitative estimate of drug-likeness (QED) is 0.603. The predicted octanol–water partition coefficient (Wildman–Crippen LogP) is 0.603. The lowest BCUT2D eigenvalue weighted by atomic mass is 9.95. The molecule has 0 aromatic heterocycles. The number of methoxy groups -OCH3 is 1. The van der Waals surface area contributed by atoms with Gasteiger partial charge >= 0.3 is 0 Å². The summed E-state index contributed by atoms with van der Waals surface area (Å²) in [6.07, 6.45) is 6.11. The van der Waals surface area contributed by atoms with E-state index < -0.39 is 0 Å². The van der Waals surface area contributed by atoms with Gasteiger partial charge < -0.3 is 20.3 Å². The van der Waals surface area contributed by atoms with Gasteiger partial charge in [0.05, 0.1) is 13.2 Å². The summed E-state index contributed by atoms with van der Waals surface area (Å²) in [4.78, 5) is 13.9. The highest BCUT2D eigenvalue weighted by molar-refractivity contribution is 5.78. The summed E-state index contributed by atoms with van der Waals surface area (Å²) in [6, 6.07) is 0.410. The molecule has 0 spiro atoms. The highest BCUT2D eigenvalue weighted by Gasteiger charge is 2.14. The summed E-state index contributed by atoms with van der Waals surface area (Å²) in [5.41, 5.74) is 0. The van der Waals surface area contributed by atoms with E-state index in [4.69, 9.17) is 4.74 Å². The summed E-state index contributed by atoms with van der Waals surface area (Å²) in [5, 5.41) is 6.29. The fourth-order valence-corrected chi connectivity index (χ4v) is 2.36. The molecule has 0 unspecified atom stereocenters. The van der Waals surface area contributed by atoms with Crippen LogP contribution >= 0.6 is 0 Å². The first-order valence-corrected chi connectivity index (χ1v) is 7.40. The van der Waals surface area contributed by atoms with Crippen molar-refractivity contribution in [3.63, 3.8) is 0 Å². The molecule has 1 aliphatic carbocycles. The Hall–Kier alpha value is -0.650. The molecule has 1 saturated carbocycles. The van der Waals surface area contributed by atoms with E-state index in [0.717, 1.165) is 39.1 Å². The Morgan fingerprint density at radius 3 is 2.68 bits per heavy atom. The highest BCUT2D eigenvalue weighted by atomic mass is 16.5.